The van der Waals surface area contributed by atoms with E-state index in [0.717, 1.165) is 37.3 Å². The molecule has 144 valence electrons. The van der Waals surface area contributed by atoms with Crippen molar-refractivity contribution in [3.8, 4) is 5.69 Å². The Kier molecular flexibility index (Phi) is 5.48. The molecule has 27 heavy (non-hydrogen) atoms. The van der Waals surface area contributed by atoms with Crippen LogP contribution in [0, 0.1) is 12.8 Å². The van der Waals surface area contributed by atoms with E-state index in [2.05, 4.69) is 34.3 Å². The van der Waals surface area contributed by atoms with E-state index < -0.39 is 0 Å². The Labute approximate surface area is 164 Å². The van der Waals surface area contributed by atoms with Crippen LogP contribution >= 0.6 is 11.8 Å². The van der Waals surface area contributed by atoms with Gasteiger partial charge < -0.3 is 4.90 Å². The van der Waals surface area contributed by atoms with E-state index >= 15 is 0 Å². The summed E-state index contributed by atoms with van der Waals surface area (Å²) < 4.78 is 1.71. The summed E-state index contributed by atoms with van der Waals surface area (Å²) in [7, 11) is 0. The minimum absolute atomic E-state index is 0.237. The molecule has 4 rings (SSSR count). The van der Waals surface area contributed by atoms with Gasteiger partial charge in [0.25, 0.3) is 0 Å². The van der Waals surface area contributed by atoms with Crippen molar-refractivity contribution in [2.45, 2.75) is 69.6 Å². The van der Waals surface area contributed by atoms with E-state index in [1.54, 1.807) is 4.68 Å². The SMILES string of the molecule is Cc1ccc(-n2nnnc2SCC(=O)N(C2CCC(C)CC2)C2CC2)cc1. The van der Waals surface area contributed by atoms with Crippen LogP contribution < -0.4 is 0 Å². The zero-order valence-corrected chi connectivity index (χ0v) is 16.9. The van der Waals surface area contributed by atoms with Crippen molar-refractivity contribution in [2.24, 2.45) is 5.92 Å². The van der Waals surface area contributed by atoms with Crippen LogP contribution in [0.5, 0.6) is 0 Å². The van der Waals surface area contributed by atoms with Gasteiger partial charge >= 0.3 is 0 Å². The largest absolute Gasteiger partial charge is 0.336 e. The number of carbonyl (C=O) groups is 1. The highest BCUT2D eigenvalue weighted by Gasteiger charge is 2.38. The number of rotatable bonds is 6. The first-order chi connectivity index (χ1) is 13.1. The molecule has 1 amide bonds. The van der Waals surface area contributed by atoms with E-state index in [1.807, 2.05) is 24.3 Å². The molecule has 7 heteroatoms. The highest BCUT2D eigenvalue weighted by Crippen LogP contribution is 2.36. The molecular weight excluding hydrogens is 358 g/mol. The molecule has 0 bridgehead atoms. The number of tetrazole rings is 1. The smallest absolute Gasteiger partial charge is 0.233 e. The van der Waals surface area contributed by atoms with E-state index in [-0.39, 0.29) is 5.91 Å². The van der Waals surface area contributed by atoms with E-state index in [9.17, 15) is 4.79 Å². The summed E-state index contributed by atoms with van der Waals surface area (Å²) in [4.78, 5) is 15.2. The van der Waals surface area contributed by atoms with Gasteiger partial charge in [0, 0.05) is 12.1 Å². The van der Waals surface area contributed by atoms with Crippen molar-refractivity contribution in [3.63, 3.8) is 0 Å². The maximum atomic E-state index is 13.0. The number of benzene rings is 1. The fourth-order valence-corrected chi connectivity index (χ4v) is 4.66. The monoisotopic (exact) mass is 385 g/mol. The Morgan fingerprint density at radius 3 is 2.37 bits per heavy atom. The van der Waals surface area contributed by atoms with Gasteiger partial charge in [-0.1, -0.05) is 36.4 Å². The lowest BCUT2D eigenvalue weighted by Gasteiger charge is -2.36. The van der Waals surface area contributed by atoms with Gasteiger partial charge in [-0.3, -0.25) is 4.79 Å². The number of hydrogen-bond donors (Lipinski definition) is 0. The van der Waals surface area contributed by atoms with Gasteiger partial charge in [-0.25, -0.2) is 0 Å². The summed E-state index contributed by atoms with van der Waals surface area (Å²) in [5, 5.41) is 12.7. The predicted octanol–water partition coefficient (Wildman–Crippen LogP) is 3.63. The standard InChI is InChI=1S/C20H27N5OS/c1-14-3-7-16(8-4-14)24(17-11-12-17)19(26)13-27-20-21-22-23-25(20)18-9-5-15(2)6-10-18/h5-6,9-10,14,16-17H,3-4,7-8,11-13H2,1-2H3. The van der Waals surface area contributed by atoms with Crippen LogP contribution in [0.25, 0.3) is 5.69 Å². The number of carbonyl (C=O) groups excluding carboxylic acids is 1. The molecule has 2 fully saturated rings. The Balaban J connectivity index is 1.41. The van der Waals surface area contributed by atoms with Crippen LogP contribution in [-0.2, 0) is 4.79 Å². The van der Waals surface area contributed by atoms with Crippen LogP contribution in [0.3, 0.4) is 0 Å². The van der Waals surface area contributed by atoms with Gasteiger partial charge in [0.1, 0.15) is 0 Å². The Bertz CT molecular complexity index is 778. The lowest BCUT2D eigenvalue weighted by Crippen LogP contribution is -2.44. The van der Waals surface area contributed by atoms with Crippen molar-refractivity contribution in [1.29, 1.82) is 0 Å². The maximum absolute atomic E-state index is 13.0. The van der Waals surface area contributed by atoms with Gasteiger partial charge in [-0.2, -0.15) is 4.68 Å². The maximum Gasteiger partial charge on any atom is 0.233 e. The first kappa shape index (κ1) is 18.5. The van der Waals surface area contributed by atoms with Gasteiger partial charge in [0.15, 0.2) is 0 Å². The molecular formula is C20H27N5OS. The molecule has 1 heterocycles. The number of aromatic nitrogens is 4. The van der Waals surface area contributed by atoms with Crippen LogP contribution in [0.1, 0.15) is 51.0 Å². The quantitative estimate of drug-likeness (QED) is 0.711. The van der Waals surface area contributed by atoms with Gasteiger partial charge in [0.2, 0.25) is 11.1 Å². The highest BCUT2D eigenvalue weighted by atomic mass is 32.2. The molecule has 0 saturated heterocycles. The average Bonchev–Trinajstić information content (AvgIpc) is 3.39. The number of aryl methyl sites for hydroxylation is 1. The normalized spacial score (nSPS) is 22.6. The van der Waals surface area contributed by atoms with Crippen molar-refractivity contribution >= 4 is 17.7 Å². The lowest BCUT2D eigenvalue weighted by atomic mass is 9.86. The number of hydrogen-bond acceptors (Lipinski definition) is 5. The average molecular weight is 386 g/mol. The van der Waals surface area contributed by atoms with Crippen molar-refractivity contribution in [1.82, 2.24) is 25.1 Å². The van der Waals surface area contributed by atoms with Gasteiger partial charge in [-0.15, -0.1) is 5.10 Å². The molecule has 1 aromatic heterocycles. The van der Waals surface area contributed by atoms with E-state index in [4.69, 9.17) is 0 Å². The molecule has 0 radical (unpaired) electrons. The molecule has 1 aromatic carbocycles. The van der Waals surface area contributed by atoms with E-state index in [0.29, 0.717) is 23.0 Å². The van der Waals surface area contributed by atoms with Crippen molar-refractivity contribution < 1.29 is 4.79 Å². The second kappa shape index (κ2) is 8.00. The molecule has 0 N–H and O–H groups in total. The first-order valence-electron chi connectivity index (χ1n) is 9.91. The molecule has 0 spiro atoms. The Morgan fingerprint density at radius 2 is 1.74 bits per heavy atom. The van der Waals surface area contributed by atoms with Crippen LogP contribution in [-0.4, -0.2) is 48.9 Å². The second-order valence-electron chi connectivity index (χ2n) is 7.94. The first-order valence-corrected chi connectivity index (χ1v) is 10.9. The molecule has 2 saturated carbocycles. The summed E-state index contributed by atoms with van der Waals surface area (Å²) in [6, 6.07) is 8.96. The topological polar surface area (TPSA) is 63.9 Å². The predicted molar refractivity (Wildman–Crippen MR) is 106 cm³/mol. The zero-order valence-electron chi connectivity index (χ0n) is 16.0. The highest BCUT2D eigenvalue weighted by molar-refractivity contribution is 7.99. The third-order valence-corrected chi connectivity index (χ3v) is 6.56. The van der Waals surface area contributed by atoms with Crippen LogP contribution in [0.2, 0.25) is 0 Å². The summed E-state index contributed by atoms with van der Waals surface area (Å²) in [5.74, 6) is 1.43. The number of thioether (sulfide) groups is 1. The summed E-state index contributed by atoms with van der Waals surface area (Å²) >= 11 is 1.43. The fraction of sp³-hybridized carbons (Fsp3) is 0.600. The Hall–Kier alpha value is -1.89. The molecule has 2 aliphatic carbocycles. The molecule has 2 aliphatic rings. The van der Waals surface area contributed by atoms with Crippen LogP contribution in [0.15, 0.2) is 29.4 Å². The molecule has 2 aromatic rings. The fourth-order valence-electron chi connectivity index (χ4n) is 3.90. The summed E-state index contributed by atoms with van der Waals surface area (Å²) in [6.07, 6.45) is 7.08. The molecule has 0 aliphatic heterocycles. The van der Waals surface area contributed by atoms with Gasteiger partial charge in [-0.05, 0) is 73.9 Å². The van der Waals surface area contributed by atoms with Crippen molar-refractivity contribution in [3.05, 3.63) is 29.8 Å². The minimum atomic E-state index is 0.237. The molecule has 0 atom stereocenters. The Morgan fingerprint density at radius 1 is 1.11 bits per heavy atom. The number of nitrogens with zero attached hydrogens (tertiary/aromatic N) is 5. The molecule has 0 unspecified atom stereocenters. The summed E-state index contributed by atoms with van der Waals surface area (Å²) in [6.45, 7) is 4.37. The minimum Gasteiger partial charge on any atom is -0.336 e. The van der Waals surface area contributed by atoms with Crippen molar-refractivity contribution in [2.75, 3.05) is 5.75 Å². The zero-order chi connectivity index (χ0) is 18.8. The second-order valence-corrected chi connectivity index (χ2v) is 8.89. The number of amides is 1. The third-order valence-electron chi connectivity index (χ3n) is 5.65. The summed E-state index contributed by atoms with van der Waals surface area (Å²) in [5.41, 5.74) is 2.11. The lowest BCUT2D eigenvalue weighted by molar-refractivity contribution is -0.132. The van der Waals surface area contributed by atoms with Crippen LogP contribution in [0.4, 0.5) is 0 Å². The van der Waals surface area contributed by atoms with Gasteiger partial charge in [0.05, 0.1) is 11.4 Å². The van der Waals surface area contributed by atoms with E-state index in [1.165, 1.54) is 30.2 Å². The molecule has 6 nitrogen and oxygen atoms in total. The third kappa shape index (κ3) is 4.34.